The number of carbonyl (C=O) groups excluding carboxylic acids is 2. The monoisotopic (exact) mass is 370 g/mol. The molecule has 1 aliphatic heterocycles. The number of esters is 1. The average Bonchev–Trinajstić information content (AvgIpc) is 2.71. The van der Waals surface area contributed by atoms with Gasteiger partial charge in [-0.2, -0.15) is 0 Å². The van der Waals surface area contributed by atoms with E-state index >= 15 is 0 Å². The Balaban J connectivity index is 1.55. The third-order valence-electron chi connectivity index (χ3n) is 4.18. The van der Waals surface area contributed by atoms with Crippen molar-refractivity contribution in [2.75, 3.05) is 30.5 Å². The van der Waals surface area contributed by atoms with Crippen LogP contribution in [0.4, 0.5) is 17.3 Å². The molecule has 1 amide bonds. The molecule has 1 saturated heterocycles. The number of ether oxygens (including phenoxy) is 2. The highest BCUT2D eigenvalue weighted by molar-refractivity contribution is 5.91. The first-order valence-corrected chi connectivity index (χ1v) is 8.92. The van der Waals surface area contributed by atoms with Crippen molar-refractivity contribution >= 4 is 29.2 Å². The molecule has 0 unspecified atom stereocenters. The van der Waals surface area contributed by atoms with Crippen molar-refractivity contribution in [3.05, 3.63) is 42.0 Å². The van der Waals surface area contributed by atoms with Gasteiger partial charge in [0.2, 0.25) is 5.91 Å². The lowest BCUT2D eigenvalue weighted by Gasteiger charge is -2.20. The first-order valence-electron chi connectivity index (χ1n) is 8.92. The summed E-state index contributed by atoms with van der Waals surface area (Å²) in [5.74, 6) is 0.491. The molecular weight excluding hydrogens is 348 g/mol. The van der Waals surface area contributed by atoms with Crippen LogP contribution in [0.2, 0.25) is 0 Å². The van der Waals surface area contributed by atoms with Crippen molar-refractivity contribution < 1.29 is 19.1 Å². The normalized spacial score (nSPS) is 14.4. The Morgan fingerprint density at radius 1 is 1.07 bits per heavy atom. The predicted molar refractivity (Wildman–Crippen MR) is 99.9 cm³/mol. The maximum absolute atomic E-state index is 12.2. The van der Waals surface area contributed by atoms with Gasteiger partial charge in [-0.25, -0.2) is 4.79 Å². The standard InChI is InChI=1S/C19H22N4O4/c1-2-27-19(25)14-3-5-15(6-4-14)20-16-7-8-17(23-22-16)21-18(24)13-9-11-26-12-10-13/h3-8,13H,2,9-12H2,1H3,(H,20,22)(H,21,23,24). The minimum atomic E-state index is -0.353. The highest BCUT2D eigenvalue weighted by Gasteiger charge is 2.21. The third kappa shape index (κ3) is 5.24. The van der Waals surface area contributed by atoms with Crippen molar-refractivity contribution in [1.82, 2.24) is 10.2 Å². The molecule has 0 aliphatic carbocycles. The molecule has 27 heavy (non-hydrogen) atoms. The van der Waals surface area contributed by atoms with Crippen LogP contribution in [0, 0.1) is 5.92 Å². The van der Waals surface area contributed by atoms with Gasteiger partial charge in [0.05, 0.1) is 12.2 Å². The van der Waals surface area contributed by atoms with Gasteiger partial charge < -0.3 is 20.1 Å². The molecule has 8 nitrogen and oxygen atoms in total. The first kappa shape index (κ1) is 18.8. The van der Waals surface area contributed by atoms with Gasteiger partial charge in [-0.05, 0) is 56.2 Å². The first-order chi connectivity index (χ1) is 13.2. The molecule has 142 valence electrons. The second-order valence-corrected chi connectivity index (χ2v) is 6.10. The van der Waals surface area contributed by atoms with Gasteiger partial charge in [0, 0.05) is 24.8 Å². The molecule has 1 fully saturated rings. The summed E-state index contributed by atoms with van der Waals surface area (Å²) in [6.07, 6.45) is 1.45. The van der Waals surface area contributed by atoms with Gasteiger partial charge in [0.25, 0.3) is 0 Å². The van der Waals surface area contributed by atoms with E-state index in [-0.39, 0.29) is 17.8 Å². The van der Waals surface area contributed by atoms with E-state index in [4.69, 9.17) is 9.47 Å². The smallest absolute Gasteiger partial charge is 0.338 e. The summed E-state index contributed by atoms with van der Waals surface area (Å²) in [7, 11) is 0. The lowest BCUT2D eigenvalue weighted by Crippen LogP contribution is -2.28. The van der Waals surface area contributed by atoms with Crippen molar-refractivity contribution in [3.8, 4) is 0 Å². The number of benzene rings is 1. The van der Waals surface area contributed by atoms with Crippen molar-refractivity contribution in [2.45, 2.75) is 19.8 Å². The van der Waals surface area contributed by atoms with E-state index < -0.39 is 0 Å². The number of carbonyl (C=O) groups is 2. The van der Waals surface area contributed by atoms with Crippen LogP contribution in [-0.4, -0.2) is 41.9 Å². The van der Waals surface area contributed by atoms with Crippen LogP contribution < -0.4 is 10.6 Å². The number of rotatable bonds is 6. The molecule has 0 atom stereocenters. The molecule has 1 aromatic heterocycles. The van der Waals surface area contributed by atoms with Gasteiger partial charge in [-0.1, -0.05) is 0 Å². The molecule has 0 saturated carbocycles. The number of nitrogens with zero attached hydrogens (tertiary/aromatic N) is 2. The number of hydrogen-bond acceptors (Lipinski definition) is 7. The molecule has 2 heterocycles. The molecule has 2 aromatic rings. The van der Waals surface area contributed by atoms with Crippen LogP contribution in [0.3, 0.4) is 0 Å². The fraction of sp³-hybridized carbons (Fsp3) is 0.368. The predicted octanol–water partition coefficient (Wildman–Crippen LogP) is 2.76. The molecule has 0 spiro atoms. The lowest BCUT2D eigenvalue weighted by atomic mass is 9.99. The summed E-state index contributed by atoms with van der Waals surface area (Å²) >= 11 is 0. The van der Waals surface area contributed by atoms with E-state index in [0.717, 1.165) is 18.5 Å². The Bertz CT molecular complexity index is 771. The maximum atomic E-state index is 12.2. The van der Waals surface area contributed by atoms with E-state index in [1.807, 2.05) is 0 Å². The van der Waals surface area contributed by atoms with E-state index in [0.29, 0.717) is 37.0 Å². The van der Waals surface area contributed by atoms with Crippen LogP contribution in [0.5, 0.6) is 0 Å². The second-order valence-electron chi connectivity index (χ2n) is 6.10. The molecule has 1 aliphatic rings. The summed E-state index contributed by atoms with van der Waals surface area (Å²) in [5, 5.41) is 14.0. The zero-order chi connectivity index (χ0) is 19.1. The van der Waals surface area contributed by atoms with E-state index in [1.54, 1.807) is 43.3 Å². The number of nitrogens with one attached hydrogen (secondary N) is 2. The molecule has 2 N–H and O–H groups in total. The number of anilines is 3. The van der Waals surface area contributed by atoms with Gasteiger partial charge in [0.15, 0.2) is 11.6 Å². The Kier molecular flexibility index (Phi) is 6.32. The Morgan fingerprint density at radius 2 is 1.74 bits per heavy atom. The Labute approximate surface area is 157 Å². The number of hydrogen-bond donors (Lipinski definition) is 2. The highest BCUT2D eigenvalue weighted by atomic mass is 16.5. The van der Waals surface area contributed by atoms with Crippen LogP contribution in [0.15, 0.2) is 36.4 Å². The van der Waals surface area contributed by atoms with Crippen LogP contribution in [0.25, 0.3) is 0 Å². The molecule has 0 radical (unpaired) electrons. The summed E-state index contributed by atoms with van der Waals surface area (Å²) in [6, 6.07) is 10.3. The largest absolute Gasteiger partial charge is 0.462 e. The van der Waals surface area contributed by atoms with Crippen molar-refractivity contribution in [2.24, 2.45) is 5.92 Å². The minimum Gasteiger partial charge on any atom is -0.462 e. The Hall–Kier alpha value is -3.00. The summed E-state index contributed by atoms with van der Waals surface area (Å²) in [6.45, 7) is 3.33. The van der Waals surface area contributed by atoms with Gasteiger partial charge in [-0.15, -0.1) is 10.2 Å². The van der Waals surface area contributed by atoms with Crippen LogP contribution >= 0.6 is 0 Å². The lowest BCUT2D eigenvalue weighted by molar-refractivity contribution is -0.122. The summed E-state index contributed by atoms with van der Waals surface area (Å²) in [5.41, 5.74) is 1.25. The maximum Gasteiger partial charge on any atom is 0.338 e. The van der Waals surface area contributed by atoms with Crippen molar-refractivity contribution in [1.29, 1.82) is 0 Å². The fourth-order valence-electron chi connectivity index (χ4n) is 2.71. The summed E-state index contributed by atoms with van der Waals surface area (Å²) < 4.78 is 10.2. The topological polar surface area (TPSA) is 102 Å². The Morgan fingerprint density at radius 3 is 2.37 bits per heavy atom. The quantitative estimate of drug-likeness (QED) is 0.754. The second kappa shape index (κ2) is 9.09. The van der Waals surface area contributed by atoms with Gasteiger partial charge in [-0.3, -0.25) is 4.79 Å². The van der Waals surface area contributed by atoms with E-state index in [1.165, 1.54) is 0 Å². The molecular formula is C19H22N4O4. The highest BCUT2D eigenvalue weighted by Crippen LogP contribution is 2.18. The summed E-state index contributed by atoms with van der Waals surface area (Å²) in [4.78, 5) is 23.8. The van der Waals surface area contributed by atoms with Crippen LogP contribution in [0.1, 0.15) is 30.1 Å². The zero-order valence-corrected chi connectivity index (χ0v) is 15.1. The van der Waals surface area contributed by atoms with Gasteiger partial charge in [0.1, 0.15) is 0 Å². The molecule has 0 bridgehead atoms. The van der Waals surface area contributed by atoms with E-state index in [9.17, 15) is 9.59 Å². The third-order valence-corrected chi connectivity index (χ3v) is 4.18. The minimum absolute atomic E-state index is 0.0451. The average molecular weight is 370 g/mol. The zero-order valence-electron chi connectivity index (χ0n) is 15.1. The SMILES string of the molecule is CCOC(=O)c1ccc(Nc2ccc(NC(=O)C3CCOCC3)nn2)cc1. The number of aromatic nitrogens is 2. The fourth-order valence-corrected chi connectivity index (χ4v) is 2.71. The molecule has 3 rings (SSSR count). The molecule has 8 heteroatoms. The molecule has 1 aromatic carbocycles. The van der Waals surface area contributed by atoms with E-state index in [2.05, 4.69) is 20.8 Å². The van der Waals surface area contributed by atoms with Crippen molar-refractivity contribution in [3.63, 3.8) is 0 Å². The van der Waals surface area contributed by atoms with Crippen LogP contribution in [-0.2, 0) is 14.3 Å². The van der Waals surface area contributed by atoms with Gasteiger partial charge >= 0.3 is 5.97 Å². The number of amides is 1.